The maximum absolute atomic E-state index is 12.8. The Morgan fingerprint density at radius 3 is 2.45 bits per heavy atom. The molecule has 3 heterocycles. The van der Waals surface area contributed by atoms with Gasteiger partial charge in [-0.15, -0.1) is 0 Å². The number of aromatic nitrogens is 3. The fourth-order valence-electron chi connectivity index (χ4n) is 3.10. The Hall–Kier alpha value is -3.24. The highest BCUT2D eigenvalue weighted by Gasteiger charge is 2.38. The third-order valence-electron chi connectivity index (χ3n) is 4.87. The lowest BCUT2D eigenvalue weighted by molar-refractivity contribution is -0.192. The minimum absolute atomic E-state index is 0.0643. The normalized spacial score (nSPS) is 16.0. The maximum atomic E-state index is 12.8. The summed E-state index contributed by atoms with van der Waals surface area (Å²) in [6.07, 6.45) is 2.57. The van der Waals surface area contributed by atoms with Gasteiger partial charge in [0, 0.05) is 44.1 Å². The van der Waals surface area contributed by atoms with E-state index in [4.69, 9.17) is 9.90 Å². The van der Waals surface area contributed by atoms with Gasteiger partial charge in [0.2, 0.25) is 0 Å². The minimum atomic E-state index is -5.08. The molecule has 4 rings (SSSR count). The summed E-state index contributed by atoms with van der Waals surface area (Å²) >= 11 is 0. The molecule has 2 aromatic rings. The van der Waals surface area contributed by atoms with Crippen molar-refractivity contribution in [2.75, 3.05) is 24.5 Å². The van der Waals surface area contributed by atoms with Gasteiger partial charge in [-0.25, -0.2) is 14.8 Å². The second kappa shape index (κ2) is 9.27. The number of aryl methyl sites for hydroxylation is 1. The lowest BCUT2D eigenvalue weighted by Crippen LogP contribution is -2.36. The molecule has 166 valence electrons. The van der Waals surface area contributed by atoms with E-state index in [0.717, 1.165) is 36.1 Å². The average molecular weight is 437 g/mol. The van der Waals surface area contributed by atoms with Crippen LogP contribution in [0.15, 0.2) is 30.7 Å². The van der Waals surface area contributed by atoms with Gasteiger partial charge in [-0.1, -0.05) is 6.07 Å². The molecule has 8 nitrogen and oxygen atoms in total. The number of fused-ring (bicyclic) bond motifs is 1. The third kappa shape index (κ3) is 6.12. The summed E-state index contributed by atoms with van der Waals surface area (Å²) in [5.74, 6) is -1.02. The first-order valence-electron chi connectivity index (χ1n) is 9.72. The monoisotopic (exact) mass is 437 g/mol. The summed E-state index contributed by atoms with van der Waals surface area (Å²) in [6, 6.07) is 4.00. The number of amides is 1. The van der Waals surface area contributed by atoms with E-state index in [2.05, 4.69) is 25.9 Å². The van der Waals surface area contributed by atoms with Crippen LogP contribution in [0.4, 0.5) is 19.0 Å². The van der Waals surface area contributed by atoms with E-state index in [1.165, 1.54) is 12.8 Å². The van der Waals surface area contributed by atoms with E-state index in [1.807, 2.05) is 24.1 Å². The van der Waals surface area contributed by atoms with Crippen LogP contribution in [-0.2, 0) is 11.3 Å². The molecule has 2 aromatic heterocycles. The molecule has 11 heteroatoms. The highest BCUT2D eigenvalue weighted by atomic mass is 19.4. The van der Waals surface area contributed by atoms with E-state index < -0.39 is 12.1 Å². The van der Waals surface area contributed by atoms with Crippen molar-refractivity contribution < 1.29 is 27.9 Å². The Morgan fingerprint density at radius 1 is 1.16 bits per heavy atom. The van der Waals surface area contributed by atoms with Crippen molar-refractivity contribution in [1.82, 2.24) is 19.9 Å². The van der Waals surface area contributed by atoms with Gasteiger partial charge >= 0.3 is 12.1 Å². The number of pyridine rings is 1. The summed E-state index contributed by atoms with van der Waals surface area (Å²) in [5, 5.41) is 7.12. The van der Waals surface area contributed by atoms with Crippen LogP contribution in [0.2, 0.25) is 0 Å². The van der Waals surface area contributed by atoms with Gasteiger partial charge in [0.25, 0.3) is 5.91 Å². The summed E-state index contributed by atoms with van der Waals surface area (Å²) in [7, 11) is 0. The van der Waals surface area contributed by atoms with Gasteiger partial charge in [0.1, 0.15) is 11.5 Å². The zero-order chi connectivity index (χ0) is 22.6. The smallest absolute Gasteiger partial charge is 0.475 e. The molecule has 0 unspecified atom stereocenters. The van der Waals surface area contributed by atoms with Crippen LogP contribution in [0.1, 0.15) is 34.6 Å². The van der Waals surface area contributed by atoms with Gasteiger partial charge in [-0.2, -0.15) is 13.2 Å². The first-order chi connectivity index (χ1) is 14.6. The molecule has 2 aliphatic rings. The number of hydrogen-bond donors (Lipinski definition) is 1. The molecule has 0 bridgehead atoms. The van der Waals surface area contributed by atoms with Crippen LogP contribution >= 0.6 is 0 Å². The minimum Gasteiger partial charge on any atom is -0.475 e. The summed E-state index contributed by atoms with van der Waals surface area (Å²) in [5.41, 5.74) is 2.32. The van der Waals surface area contributed by atoms with E-state index >= 15 is 0 Å². The molecular weight excluding hydrogens is 415 g/mol. The van der Waals surface area contributed by atoms with Crippen molar-refractivity contribution in [2.24, 2.45) is 5.92 Å². The van der Waals surface area contributed by atoms with Gasteiger partial charge in [0.15, 0.2) is 0 Å². The van der Waals surface area contributed by atoms with Crippen LogP contribution in [-0.4, -0.2) is 62.6 Å². The van der Waals surface area contributed by atoms with E-state index in [-0.39, 0.29) is 5.91 Å². The molecule has 1 aliphatic carbocycles. The van der Waals surface area contributed by atoms with Crippen LogP contribution in [0.25, 0.3) is 0 Å². The zero-order valence-electron chi connectivity index (χ0n) is 16.8. The van der Waals surface area contributed by atoms with Crippen molar-refractivity contribution in [1.29, 1.82) is 0 Å². The Bertz CT molecular complexity index is 932. The number of carboxylic acid groups (broad SMARTS) is 1. The van der Waals surface area contributed by atoms with E-state index in [9.17, 15) is 18.0 Å². The fraction of sp³-hybridized carbons (Fsp3) is 0.450. The van der Waals surface area contributed by atoms with Crippen LogP contribution in [0.5, 0.6) is 0 Å². The largest absolute Gasteiger partial charge is 0.490 e. The molecule has 0 spiro atoms. The summed E-state index contributed by atoms with van der Waals surface area (Å²) in [4.78, 5) is 38.9. The van der Waals surface area contributed by atoms with Crippen molar-refractivity contribution >= 4 is 17.7 Å². The first-order valence-corrected chi connectivity index (χ1v) is 9.72. The fourth-order valence-corrected chi connectivity index (χ4v) is 3.10. The lowest BCUT2D eigenvalue weighted by atomic mass is 10.2. The van der Waals surface area contributed by atoms with Gasteiger partial charge in [-0.3, -0.25) is 9.78 Å². The molecule has 31 heavy (non-hydrogen) atoms. The third-order valence-corrected chi connectivity index (χ3v) is 4.87. The van der Waals surface area contributed by atoms with Crippen LogP contribution in [0.3, 0.4) is 0 Å². The van der Waals surface area contributed by atoms with Gasteiger partial charge in [0.05, 0.1) is 11.9 Å². The number of hydrogen-bond acceptors (Lipinski definition) is 6. The molecule has 0 atom stereocenters. The van der Waals surface area contributed by atoms with Gasteiger partial charge in [-0.05, 0) is 31.7 Å². The number of nitrogens with zero attached hydrogens (tertiary/aromatic N) is 5. The zero-order valence-corrected chi connectivity index (χ0v) is 16.8. The van der Waals surface area contributed by atoms with E-state index in [1.54, 1.807) is 12.4 Å². The van der Waals surface area contributed by atoms with Crippen LogP contribution in [0, 0.1) is 12.8 Å². The molecule has 1 amide bonds. The number of alkyl halides is 3. The predicted octanol–water partition coefficient (Wildman–Crippen LogP) is 2.69. The Morgan fingerprint density at radius 2 is 1.87 bits per heavy atom. The predicted molar refractivity (Wildman–Crippen MR) is 104 cm³/mol. The summed E-state index contributed by atoms with van der Waals surface area (Å²) < 4.78 is 31.7. The molecule has 1 saturated carbocycles. The number of carboxylic acids is 1. The standard InChI is InChI=1S/C18H21N5O.C2HF3O2/c1-13-9-21-16(10-20-13)18(24)23-8-7-22(11-14-4-5-14)17-15(12-23)3-2-6-19-17;3-2(4,5)1(6)7/h2-3,6,9-10,14H,4-5,7-8,11-12H2,1H3;(H,6,7). The Labute approximate surface area is 176 Å². The second-order valence-corrected chi connectivity index (χ2v) is 7.45. The average Bonchev–Trinajstić information content (AvgIpc) is 3.55. The van der Waals surface area contributed by atoms with Gasteiger partial charge < -0.3 is 14.9 Å². The highest BCUT2D eigenvalue weighted by Crippen LogP contribution is 2.32. The Balaban J connectivity index is 0.000000339. The number of carbonyl (C=O) groups is 2. The number of aliphatic carboxylic acids is 1. The molecule has 1 N–H and O–H groups in total. The molecule has 0 aromatic carbocycles. The quantitative estimate of drug-likeness (QED) is 0.788. The molecule has 0 radical (unpaired) electrons. The topological polar surface area (TPSA) is 99.5 Å². The van der Waals surface area contributed by atoms with E-state index in [0.29, 0.717) is 18.8 Å². The second-order valence-electron chi connectivity index (χ2n) is 7.45. The molecule has 0 saturated heterocycles. The number of anilines is 1. The number of halogens is 3. The first kappa shape index (κ1) is 22.4. The number of rotatable bonds is 3. The van der Waals surface area contributed by atoms with Crippen LogP contribution < -0.4 is 4.90 Å². The summed E-state index contributed by atoms with van der Waals surface area (Å²) in [6.45, 7) is 4.96. The molecule has 1 fully saturated rings. The SMILES string of the molecule is Cc1cnc(C(=O)N2CCN(CC3CC3)c3ncccc3C2)cn1.O=C(O)C(F)(F)F. The molecular formula is C20H22F3N5O3. The van der Waals surface area contributed by atoms with Crippen molar-refractivity contribution in [3.05, 3.63) is 47.7 Å². The lowest BCUT2D eigenvalue weighted by Gasteiger charge is -2.23. The van der Waals surface area contributed by atoms with Crippen molar-refractivity contribution in [2.45, 2.75) is 32.5 Å². The highest BCUT2D eigenvalue weighted by molar-refractivity contribution is 5.92. The van der Waals surface area contributed by atoms with Crippen molar-refractivity contribution in [3.63, 3.8) is 0 Å². The number of carbonyl (C=O) groups excluding carboxylic acids is 1. The molecule has 1 aliphatic heterocycles. The van der Waals surface area contributed by atoms with Crippen molar-refractivity contribution in [3.8, 4) is 0 Å². The maximum Gasteiger partial charge on any atom is 0.490 e. The Kier molecular flexibility index (Phi) is 6.71.